The van der Waals surface area contributed by atoms with E-state index >= 15 is 0 Å². The van der Waals surface area contributed by atoms with E-state index in [4.69, 9.17) is 0 Å². The normalized spacial score (nSPS) is 15.3. The van der Waals surface area contributed by atoms with Crippen LogP contribution in [0.4, 0.5) is 5.69 Å². The Labute approximate surface area is 142 Å². The maximum absolute atomic E-state index is 12.0. The second kappa shape index (κ2) is 7.41. The summed E-state index contributed by atoms with van der Waals surface area (Å²) in [5.41, 5.74) is 3.22. The minimum absolute atomic E-state index is 0.0561. The van der Waals surface area contributed by atoms with Crippen molar-refractivity contribution in [1.82, 2.24) is 4.90 Å². The molecule has 1 saturated heterocycles. The van der Waals surface area contributed by atoms with Crippen molar-refractivity contribution in [3.63, 3.8) is 0 Å². The van der Waals surface area contributed by atoms with Gasteiger partial charge >= 0.3 is 0 Å². The summed E-state index contributed by atoms with van der Waals surface area (Å²) in [6, 6.07) is 16.0. The summed E-state index contributed by atoms with van der Waals surface area (Å²) in [5, 5.41) is 0. The molecule has 4 heteroatoms. The van der Waals surface area contributed by atoms with Crippen LogP contribution in [0.2, 0.25) is 0 Å². The first-order valence-corrected chi connectivity index (χ1v) is 8.29. The maximum Gasteiger partial charge on any atom is 0.162 e. The number of piperazine rings is 1. The van der Waals surface area contributed by atoms with Gasteiger partial charge in [-0.05, 0) is 18.6 Å². The van der Waals surface area contributed by atoms with Crippen LogP contribution in [0.25, 0.3) is 0 Å². The summed E-state index contributed by atoms with van der Waals surface area (Å²) in [6.07, 6.45) is 0.770. The van der Waals surface area contributed by atoms with Crippen molar-refractivity contribution < 1.29 is 9.59 Å². The number of nitrogens with zero attached hydrogens (tertiary/aromatic N) is 2. The first kappa shape index (κ1) is 16.4. The molecule has 124 valence electrons. The van der Waals surface area contributed by atoms with Gasteiger partial charge in [-0.15, -0.1) is 0 Å². The Kier molecular flexibility index (Phi) is 5.06. The van der Waals surface area contributed by atoms with Crippen molar-refractivity contribution in [3.05, 3.63) is 65.2 Å². The Morgan fingerprint density at radius 3 is 2.33 bits per heavy atom. The average Bonchev–Trinajstić information content (AvgIpc) is 2.62. The predicted molar refractivity (Wildman–Crippen MR) is 95.8 cm³/mol. The Morgan fingerprint density at radius 2 is 1.71 bits per heavy atom. The molecule has 1 aliphatic heterocycles. The number of anilines is 1. The molecule has 1 aliphatic rings. The first-order chi connectivity index (χ1) is 11.7. The van der Waals surface area contributed by atoms with Gasteiger partial charge in [-0.2, -0.15) is 0 Å². The van der Waals surface area contributed by atoms with Crippen LogP contribution in [0.5, 0.6) is 0 Å². The van der Waals surface area contributed by atoms with Crippen molar-refractivity contribution in [2.45, 2.75) is 13.5 Å². The summed E-state index contributed by atoms with van der Waals surface area (Å²) >= 11 is 0. The van der Waals surface area contributed by atoms with Gasteiger partial charge in [-0.1, -0.05) is 42.5 Å². The van der Waals surface area contributed by atoms with E-state index in [9.17, 15) is 9.59 Å². The van der Waals surface area contributed by atoms with Crippen molar-refractivity contribution in [3.8, 4) is 0 Å². The molecule has 0 aromatic heterocycles. The molecule has 24 heavy (non-hydrogen) atoms. The number of ketones is 1. The van der Waals surface area contributed by atoms with E-state index in [1.165, 1.54) is 12.5 Å². The standard InChI is InChI=1S/C20H22N2O2/c1-16(24)20-18(15-23)8-5-9-19(20)22-12-10-21(11-13-22)14-17-6-3-2-4-7-17/h2-9,15H,10-14H2,1H3. The Hall–Kier alpha value is -2.46. The second-order valence-corrected chi connectivity index (χ2v) is 6.16. The second-order valence-electron chi connectivity index (χ2n) is 6.16. The van der Waals surface area contributed by atoms with Gasteiger partial charge in [-0.25, -0.2) is 0 Å². The number of rotatable bonds is 5. The third-order valence-corrected chi connectivity index (χ3v) is 4.52. The number of hydrogen-bond acceptors (Lipinski definition) is 4. The molecule has 0 radical (unpaired) electrons. The fourth-order valence-electron chi connectivity index (χ4n) is 3.29. The lowest BCUT2D eigenvalue weighted by Crippen LogP contribution is -2.46. The van der Waals surface area contributed by atoms with Crippen LogP contribution in [0.3, 0.4) is 0 Å². The summed E-state index contributed by atoms with van der Waals surface area (Å²) in [6.45, 7) is 6.07. The van der Waals surface area contributed by atoms with Gasteiger partial charge in [0.25, 0.3) is 0 Å². The predicted octanol–water partition coefficient (Wildman–Crippen LogP) is 3.02. The van der Waals surface area contributed by atoms with Crippen molar-refractivity contribution in [2.75, 3.05) is 31.1 Å². The van der Waals surface area contributed by atoms with Crippen LogP contribution < -0.4 is 4.90 Å². The van der Waals surface area contributed by atoms with Crippen LogP contribution in [-0.2, 0) is 6.54 Å². The van der Waals surface area contributed by atoms with Crippen LogP contribution in [0.1, 0.15) is 33.2 Å². The molecule has 3 rings (SSSR count). The quantitative estimate of drug-likeness (QED) is 0.627. The summed E-state index contributed by atoms with van der Waals surface area (Å²) in [7, 11) is 0. The van der Waals surface area contributed by atoms with Crippen molar-refractivity contribution in [1.29, 1.82) is 0 Å². The van der Waals surface area contributed by atoms with Gasteiger partial charge < -0.3 is 4.90 Å². The lowest BCUT2D eigenvalue weighted by Gasteiger charge is -2.37. The maximum atomic E-state index is 12.0. The number of carbonyl (C=O) groups is 2. The molecule has 0 aliphatic carbocycles. The molecule has 0 spiro atoms. The summed E-state index contributed by atoms with van der Waals surface area (Å²) in [4.78, 5) is 27.9. The van der Waals surface area contributed by atoms with Gasteiger partial charge in [0.2, 0.25) is 0 Å². The molecule has 0 saturated carbocycles. The van der Waals surface area contributed by atoms with E-state index in [1.807, 2.05) is 18.2 Å². The van der Waals surface area contributed by atoms with Gasteiger partial charge in [0.05, 0.1) is 5.56 Å². The lowest BCUT2D eigenvalue weighted by atomic mass is 10.0. The summed E-state index contributed by atoms with van der Waals surface area (Å²) < 4.78 is 0. The molecule has 2 aromatic carbocycles. The van der Waals surface area contributed by atoms with Crippen LogP contribution in [-0.4, -0.2) is 43.1 Å². The zero-order chi connectivity index (χ0) is 16.9. The fraction of sp³-hybridized carbons (Fsp3) is 0.300. The van der Waals surface area contributed by atoms with Gasteiger partial charge in [0.15, 0.2) is 12.1 Å². The van der Waals surface area contributed by atoms with Gasteiger partial charge in [-0.3, -0.25) is 14.5 Å². The molecule has 0 atom stereocenters. The SMILES string of the molecule is CC(=O)c1c(C=O)cccc1N1CCN(Cc2ccccc2)CC1. The van der Waals surface area contributed by atoms with Crippen LogP contribution in [0.15, 0.2) is 48.5 Å². The zero-order valence-corrected chi connectivity index (χ0v) is 13.9. The summed E-state index contributed by atoms with van der Waals surface area (Å²) in [5.74, 6) is -0.0561. The Bertz CT molecular complexity index is 720. The molecule has 0 unspecified atom stereocenters. The number of Topliss-reactive ketones (excluding diaryl/α,β-unsaturated/α-hetero) is 1. The molecule has 0 amide bonds. The molecule has 2 aromatic rings. The fourth-order valence-corrected chi connectivity index (χ4v) is 3.29. The third kappa shape index (κ3) is 3.54. The van der Waals surface area contributed by atoms with Gasteiger partial charge in [0, 0.05) is 44.0 Å². The van der Waals surface area contributed by atoms with E-state index in [2.05, 4.69) is 34.1 Å². The molecule has 1 fully saturated rings. The minimum Gasteiger partial charge on any atom is -0.368 e. The Balaban J connectivity index is 1.71. The van der Waals surface area contributed by atoms with E-state index in [-0.39, 0.29) is 5.78 Å². The van der Waals surface area contributed by atoms with Crippen molar-refractivity contribution in [2.24, 2.45) is 0 Å². The number of benzene rings is 2. The van der Waals surface area contributed by atoms with Crippen LogP contribution in [0, 0.1) is 0 Å². The van der Waals surface area contributed by atoms with E-state index < -0.39 is 0 Å². The largest absolute Gasteiger partial charge is 0.368 e. The average molecular weight is 322 g/mol. The topological polar surface area (TPSA) is 40.6 Å². The highest BCUT2D eigenvalue weighted by Gasteiger charge is 2.22. The molecule has 1 heterocycles. The Morgan fingerprint density at radius 1 is 1.00 bits per heavy atom. The van der Waals surface area contributed by atoms with Crippen LogP contribution >= 0.6 is 0 Å². The first-order valence-electron chi connectivity index (χ1n) is 8.29. The highest BCUT2D eigenvalue weighted by Crippen LogP contribution is 2.25. The van der Waals surface area contributed by atoms with Gasteiger partial charge in [0.1, 0.15) is 0 Å². The lowest BCUT2D eigenvalue weighted by molar-refractivity contribution is 0.101. The monoisotopic (exact) mass is 322 g/mol. The highest BCUT2D eigenvalue weighted by atomic mass is 16.1. The number of hydrogen-bond donors (Lipinski definition) is 0. The van der Waals surface area contributed by atoms with Crippen molar-refractivity contribution >= 4 is 17.8 Å². The highest BCUT2D eigenvalue weighted by molar-refractivity contribution is 6.06. The molecular formula is C20H22N2O2. The minimum atomic E-state index is -0.0561. The number of aldehydes is 1. The number of carbonyl (C=O) groups excluding carboxylic acids is 2. The van der Waals surface area contributed by atoms with E-state index in [0.717, 1.165) is 44.7 Å². The molecule has 4 nitrogen and oxygen atoms in total. The molecule has 0 bridgehead atoms. The molecule has 0 N–H and O–H groups in total. The smallest absolute Gasteiger partial charge is 0.162 e. The van der Waals surface area contributed by atoms with E-state index in [1.54, 1.807) is 6.07 Å². The third-order valence-electron chi connectivity index (χ3n) is 4.52. The van der Waals surface area contributed by atoms with E-state index in [0.29, 0.717) is 11.1 Å². The zero-order valence-electron chi connectivity index (χ0n) is 13.9. The molecular weight excluding hydrogens is 300 g/mol.